The van der Waals surface area contributed by atoms with Crippen LogP contribution >= 0.6 is 0 Å². The number of aromatic amines is 1. The largest absolute Gasteiger partial charge is 0.349 e. The first kappa shape index (κ1) is 18.6. The molecule has 0 aliphatic carbocycles. The van der Waals surface area contributed by atoms with E-state index in [1.165, 1.54) is 19.3 Å². The van der Waals surface area contributed by atoms with Crippen LogP contribution in [0.3, 0.4) is 0 Å². The molecule has 1 saturated heterocycles. The molecule has 2 N–H and O–H groups in total. The number of hydrogen-bond acceptors (Lipinski definition) is 4. The summed E-state index contributed by atoms with van der Waals surface area (Å²) in [5.74, 6) is 0.304. The molecule has 1 fully saturated rings. The second-order valence-corrected chi connectivity index (χ2v) is 7.80. The van der Waals surface area contributed by atoms with Gasteiger partial charge in [-0.15, -0.1) is 0 Å². The fraction of sp³-hybridized carbons (Fsp3) is 0.550. The number of rotatable bonds is 5. The Balaban J connectivity index is 1.70. The van der Waals surface area contributed by atoms with Crippen molar-refractivity contribution in [3.05, 3.63) is 40.2 Å². The van der Waals surface area contributed by atoms with Gasteiger partial charge in [0, 0.05) is 24.0 Å². The number of aromatic nitrogens is 2. The van der Waals surface area contributed by atoms with Crippen molar-refractivity contribution in [1.29, 1.82) is 0 Å². The Morgan fingerprint density at radius 3 is 2.92 bits per heavy atom. The van der Waals surface area contributed by atoms with Crippen molar-refractivity contribution in [1.82, 2.24) is 20.4 Å². The Kier molecular flexibility index (Phi) is 5.41. The predicted molar refractivity (Wildman–Crippen MR) is 103 cm³/mol. The lowest BCUT2D eigenvalue weighted by molar-refractivity contribution is 0.0610. The van der Waals surface area contributed by atoms with E-state index in [2.05, 4.69) is 41.2 Å². The average molecular weight is 356 g/mol. The number of para-hydroxylation sites is 1. The molecule has 2 heterocycles. The molecule has 1 aromatic heterocycles. The summed E-state index contributed by atoms with van der Waals surface area (Å²) in [4.78, 5) is 27.5. The first-order chi connectivity index (χ1) is 12.4. The van der Waals surface area contributed by atoms with Gasteiger partial charge in [-0.25, -0.2) is 0 Å². The van der Waals surface area contributed by atoms with Gasteiger partial charge >= 0.3 is 0 Å². The minimum Gasteiger partial charge on any atom is -0.349 e. The van der Waals surface area contributed by atoms with Crippen LogP contribution < -0.4 is 10.7 Å². The molecule has 26 heavy (non-hydrogen) atoms. The van der Waals surface area contributed by atoms with Gasteiger partial charge in [0.05, 0.1) is 5.52 Å². The maximum atomic E-state index is 12.5. The molecule has 1 amide bonds. The summed E-state index contributed by atoms with van der Waals surface area (Å²) in [6, 6.07) is 7.08. The molecule has 0 radical (unpaired) electrons. The molecule has 3 rings (SSSR count). The highest BCUT2D eigenvalue weighted by Gasteiger charge is 2.31. The summed E-state index contributed by atoms with van der Waals surface area (Å²) in [7, 11) is 0. The van der Waals surface area contributed by atoms with Crippen molar-refractivity contribution in [2.24, 2.45) is 5.92 Å². The second kappa shape index (κ2) is 7.58. The third-order valence-corrected chi connectivity index (χ3v) is 5.52. The Bertz CT molecular complexity index is 843. The van der Waals surface area contributed by atoms with Crippen LogP contribution in [0.1, 0.15) is 50.5 Å². The van der Waals surface area contributed by atoms with Gasteiger partial charge in [-0.3, -0.25) is 19.6 Å². The molecule has 1 aliphatic rings. The molecule has 140 valence electrons. The SMILES string of the molecule is CCC1CCCN(C(C)(C)CNC(=O)c2n[nH]c3ccccc3c2=O)C1. The van der Waals surface area contributed by atoms with Gasteiger partial charge in [-0.1, -0.05) is 25.5 Å². The maximum absolute atomic E-state index is 12.5. The topological polar surface area (TPSA) is 78.1 Å². The molecule has 0 bridgehead atoms. The van der Waals surface area contributed by atoms with Gasteiger partial charge in [0.2, 0.25) is 5.43 Å². The van der Waals surface area contributed by atoms with Crippen molar-refractivity contribution in [2.45, 2.75) is 45.6 Å². The molecule has 1 aliphatic heterocycles. The van der Waals surface area contributed by atoms with E-state index >= 15 is 0 Å². The number of carbonyl (C=O) groups is 1. The Hall–Kier alpha value is -2.21. The van der Waals surface area contributed by atoms with E-state index in [4.69, 9.17) is 0 Å². The van der Waals surface area contributed by atoms with E-state index in [0.29, 0.717) is 17.4 Å². The average Bonchev–Trinajstić information content (AvgIpc) is 2.67. The summed E-state index contributed by atoms with van der Waals surface area (Å²) in [5, 5.41) is 10.2. The minimum atomic E-state index is -0.422. The van der Waals surface area contributed by atoms with Gasteiger partial charge in [-0.2, -0.15) is 5.10 Å². The molecule has 0 saturated carbocycles. The standard InChI is InChI=1S/C20H28N4O2/c1-4-14-8-7-11-24(12-14)20(2,3)13-21-19(26)17-18(25)15-9-5-6-10-16(15)22-23-17/h5-6,9-10,14H,4,7-8,11-13H2,1-3H3,(H,21,26)(H,22,25). The minimum absolute atomic E-state index is 0.0791. The molecule has 0 spiro atoms. The number of nitrogens with one attached hydrogen (secondary N) is 2. The molecule has 6 nitrogen and oxygen atoms in total. The summed E-state index contributed by atoms with van der Waals surface area (Å²) in [5.41, 5.74) is 0.0594. The van der Waals surface area contributed by atoms with Crippen molar-refractivity contribution < 1.29 is 4.79 Å². The van der Waals surface area contributed by atoms with Gasteiger partial charge in [0.25, 0.3) is 5.91 Å². The monoisotopic (exact) mass is 356 g/mol. The van der Waals surface area contributed by atoms with Crippen molar-refractivity contribution in [3.8, 4) is 0 Å². The number of fused-ring (bicyclic) bond motifs is 1. The van der Waals surface area contributed by atoms with Crippen LogP contribution in [0.15, 0.2) is 29.1 Å². The fourth-order valence-electron chi connectivity index (χ4n) is 3.67. The number of nitrogens with zero attached hydrogens (tertiary/aromatic N) is 2. The molecule has 6 heteroatoms. The number of likely N-dealkylation sites (tertiary alicyclic amines) is 1. The van der Waals surface area contributed by atoms with Crippen LogP contribution in [0.4, 0.5) is 0 Å². The second-order valence-electron chi connectivity index (χ2n) is 7.80. The smallest absolute Gasteiger partial charge is 0.275 e. The van der Waals surface area contributed by atoms with Crippen LogP contribution in [-0.2, 0) is 0 Å². The van der Waals surface area contributed by atoms with Gasteiger partial charge in [0.15, 0.2) is 5.69 Å². The van der Waals surface area contributed by atoms with E-state index in [-0.39, 0.29) is 16.7 Å². The highest BCUT2D eigenvalue weighted by molar-refractivity contribution is 5.95. The summed E-state index contributed by atoms with van der Waals surface area (Å²) >= 11 is 0. The van der Waals surface area contributed by atoms with Crippen LogP contribution in [0.5, 0.6) is 0 Å². The number of H-pyrrole nitrogens is 1. The van der Waals surface area contributed by atoms with Crippen LogP contribution in [0.25, 0.3) is 10.9 Å². The highest BCUT2D eigenvalue weighted by atomic mass is 16.2. The van der Waals surface area contributed by atoms with Crippen molar-refractivity contribution in [3.63, 3.8) is 0 Å². The number of hydrogen-bond donors (Lipinski definition) is 2. The van der Waals surface area contributed by atoms with Gasteiger partial charge in [0.1, 0.15) is 0 Å². The number of piperidine rings is 1. The molecule has 1 aromatic carbocycles. The van der Waals surface area contributed by atoms with Crippen LogP contribution in [0.2, 0.25) is 0 Å². The molecular weight excluding hydrogens is 328 g/mol. The molecule has 2 aromatic rings. The lowest BCUT2D eigenvalue weighted by Gasteiger charge is -2.43. The first-order valence-electron chi connectivity index (χ1n) is 9.43. The van der Waals surface area contributed by atoms with Crippen LogP contribution in [0, 0.1) is 5.92 Å². The van der Waals surface area contributed by atoms with Gasteiger partial charge in [-0.05, 0) is 51.3 Å². The lowest BCUT2D eigenvalue weighted by atomic mass is 9.91. The first-order valence-corrected chi connectivity index (χ1v) is 9.43. The fourth-order valence-corrected chi connectivity index (χ4v) is 3.67. The zero-order valence-electron chi connectivity index (χ0n) is 15.8. The lowest BCUT2D eigenvalue weighted by Crippen LogP contribution is -2.55. The van der Waals surface area contributed by atoms with Gasteiger partial charge < -0.3 is 5.32 Å². The maximum Gasteiger partial charge on any atom is 0.275 e. The number of benzene rings is 1. The Labute approximate surface area is 154 Å². The van der Waals surface area contributed by atoms with E-state index in [1.54, 1.807) is 18.2 Å². The van der Waals surface area contributed by atoms with E-state index < -0.39 is 5.91 Å². The highest BCUT2D eigenvalue weighted by Crippen LogP contribution is 2.25. The zero-order valence-corrected chi connectivity index (χ0v) is 15.8. The number of carbonyl (C=O) groups excluding carboxylic acids is 1. The molecular formula is C20H28N4O2. The zero-order chi connectivity index (χ0) is 18.7. The molecule has 1 unspecified atom stereocenters. The normalized spacial score (nSPS) is 18.8. The van der Waals surface area contributed by atoms with Crippen molar-refractivity contribution in [2.75, 3.05) is 19.6 Å². The summed E-state index contributed by atoms with van der Waals surface area (Å²) in [6.07, 6.45) is 3.67. The Morgan fingerprint density at radius 2 is 2.15 bits per heavy atom. The van der Waals surface area contributed by atoms with E-state index in [9.17, 15) is 9.59 Å². The van der Waals surface area contributed by atoms with E-state index in [0.717, 1.165) is 19.0 Å². The Morgan fingerprint density at radius 1 is 1.38 bits per heavy atom. The summed E-state index contributed by atoms with van der Waals surface area (Å²) < 4.78 is 0. The van der Waals surface area contributed by atoms with Crippen LogP contribution in [-0.4, -0.2) is 46.2 Å². The summed E-state index contributed by atoms with van der Waals surface area (Å²) in [6.45, 7) is 9.12. The predicted octanol–water partition coefficient (Wildman–Crippen LogP) is 2.55. The molecule has 1 atom stereocenters. The quantitative estimate of drug-likeness (QED) is 0.863. The third-order valence-electron chi connectivity index (χ3n) is 5.52. The van der Waals surface area contributed by atoms with E-state index in [1.807, 2.05) is 6.07 Å². The third kappa shape index (κ3) is 3.80. The van der Waals surface area contributed by atoms with Crippen molar-refractivity contribution >= 4 is 16.8 Å². The number of amides is 1.